The van der Waals surface area contributed by atoms with Crippen molar-refractivity contribution in [3.05, 3.63) is 34.6 Å². The van der Waals surface area contributed by atoms with Crippen LogP contribution in [0.25, 0.3) is 5.65 Å². The average molecular weight is 261 g/mol. The summed E-state index contributed by atoms with van der Waals surface area (Å²) >= 11 is 0. The Morgan fingerprint density at radius 3 is 2.84 bits per heavy atom. The van der Waals surface area contributed by atoms with Crippen molar-refractivity contribution in [2.24, 2.45) is 0 Å². The van der Waals surface area contributed by atoms with Gasteiger partial charge in [0.15, 0.2) is 0 Å². The quantitative estimate of drug-likeness (QED) is 0.911. The number of aliphatic hydroxyl groups excluding tert-OH is 1. The molecule has 1 N–H and O–H groups in total. The highest BCUT2D eigenvalue weighted by molar-refractivity contribution is 5.48. The zero-order chi connectivity index (χ0) is 13.2. The van der Waals surface area contributed by atoms with E-state index >= 15 is 0 Å². The van der Waals surface area contributed by atoms with Gasteiger partial charge in [-0.2, -0.15) is 0 Å². The number of hydrogen-bond donors (Lipinski definition) is 1. The fraction of sp³-hybridized carbons (Fsp3) is 0.571. The summed E-state index contributed by atoms with van der Waals surface area (Å²) in [4.78, 5) is 16.5. The fourth-order valence-corrected chi connectivity index (χ4v) is 3.06. The maximum atomic E-state index is 12.2. The van der Waals surface area contributed by atoms with Crippen LogP contribution < -0.4 is 5.69 Å². The van der Waals surface area contributed by atoms with Gasteiger partial charge in [-0.3, -0.25) is 8.97 Å². The molecule has 0 unspecified atom stereocenters. The molecule has 5 nitrogen and oxygen atoms in total. The summed E-state index contributed by atoms with van der Waals surface area (Å²) in [5, 5.41) is 9.08. The lowest BCUT2D eigenvalue weighted by atomic mass is 9.85. The molecule has 0 saturated heterocycles. The molecule has 0 atom stereocenters. The van der Waals surface area contributed by atoms with Crippen LogP contribution in [0, 0.1) is 0 Å². The number of fused-ring (bicyclic) bond motifs is 1. The lowest BCUT2D eigenvalue weighted by Gasteiger charge is -2.23. The van der Waals surface area contributed by atoms with Gasteiger partial charge in [-0.1, -0.05) is 19.3 Å². The van der Waals surface area contributed by atoms with Crippen molar-refractivity contribution in [2.75, 3.05) is 6.61 Å². The summed E-state index contributed by atoms with van der Waals surface area (Å²) in [6.45, 7) is 0.316. The Hall–Kier alpha value is -1.62. The van der Waals surface area contributed by atoms with Gasteiger partial charge in [-0.15, -0.1) is 0 Å². The first-order chi connectivity index (χ1) is 9.31. The zero-order valence-corrected chi connectivity index (χ0v) is 11.0. The molecule has 2 heterocycles. The molecular formula is C14H19N3O2. The van der Waals surface area contributed by atoms with Crippen LogP contribution in [0.3, 0.4) is 0 Å². The van der Waals surface area contributed by atoms with Crippen molar-refractivity contribution in [1.82, 2.24) is 14.0 Å². The number of aromatic nitrogens is 3. The fourth-order valence-electron chi connectivity index (χ4n) is 3.06. The predicted octanol–water partition coefficient (Wildman–Crippen LogP) is 1.54. The molecule has 0 amide bonds. The van der Waals surface area contributed by atoms with Crippen LogP contribution in [0.2, 0.25) is 0 Å². The number of aliphatic hydroxyl groups is 1. The summed E-state index contributed by atoms with van der Waals surface area (Å²) in [5.74, 6) is 0.490. The molecule has 19 heavy (non-hydrogen) atoms. The van der Waals surface area contributed by atoms with Gasteiger partial charge in [0.1, 0.15) is 5.65 Å². The van der Waals surface area contributed by atoms with E-state index in [1.54, 1.807) is 21.4 Å². The molecule has 0 spiro atoms. The Morgan fingerprint density at radius 2 is 2.11 bits per heavy atom. The van der Waals surface area contributed by atoms with Crippen LogP contribution in [0.15, 0.2) is 23.4 Å². The maximum Gasteiger partial charge on any atom is 0.333 e. The molecule has 0 radical (unpaired) electrons. The van der Waals surface area contributed by atoms with Crippen LogP contribution in [0.5, 0.6) is 0 Å². The van der Waals surface area contributed by atoms with Crippen LogP contribution in [0.1, 0.15) is 43.6 Å². The van der Waals surface area contributed by atoms with E-state index in [0.29, 0.717) is 12.5 Å². The van der Waals surface area contributed by atoms with Crippen molar-refractivity contribution in [3.63, 3.8) is 0 Å². The Bertz CT molecular complexity index is 623. The number of rotatable bonds is 3. The van der Waals surface area contributed by atoms with E-state index in [-0.39, 0.29) is 12.3 Å². The molecule has 1 saturated carbocycles. The molecule has 0 aliphatic heterocycles. The van der Waals surface area contributed by atoms with Gasteiger partial charge >= 0.3 is 5.69 Å². The molecule has 0 aromatic carbocycles. The second-order valence-corrected chi connectivity index (χ2v) is 5.24. The van der Waals surface area contributed by atoms with Crippen molar-refractivity contribution in [2.45, 2.75) is 44.6 Å². The van der Waals surface area contributed by atoms with E-state index in [4.69, 9.17) is 5.11 Å². The Labute approximate surface area is 111 Å². The lowest BCUT2D eigenvalue weighted by Crippen LogP contribution is -2.28. The Kier molecular flexibility index (Phi) is 3.38. The highest BCUT2D eigenvalue weighted by Gasteiger charge is 2.20. The molecule has 2 aromatic rings. The van der Waals surface area contributed by atoms with Gasteiger partial charge in [0, 0.05) is 24.2 Å². The third-order valence-corrected chi connectivity index (χ3v) is 4.03. The third-order valence-electron chi connectivity index (χ3n) is 4.03. The molecule has 3 rings (SSSR count). The Balaban J connectivity index is 2.13. The first kappa shape index (κ1) is 12.4. The van der Waals surface area contributed by atoms with Gasteiger partial charge in [0.05, 0.1) is 13.2 Å². The first-order valence-corrected chi connectivity index (χ1v) is 6.98. The van der Waals surface area contributed by atoms with Gasteiger partial charge in [-0.25, -0.2) is 9.78 Å². The van der Waals surface area contributed by atoms with E-state index < -0.39 is 0 Å². The first-order valence-electron chi connectivity index (χ1n) is 6.98. The van der Waals surface area contributed by atoms with Crippen LogP contribution in [-0.4, -0.2) is 25.7 Å². The molecule has 102 valence electrons. The predicted molar refractivity (Wildman–Crippen MR) is 72.4 cm³/mol. The minimum absolute atomic E-state index is 0.0236. The zero-order valence-electron chi connectivity index (χ0n) is 11.0. The van der Waals surface area contributed by atoms with E-state index in [0.717, 1.165) is 11.2 Å². The number of imidazole rings is 1. The van der Waals surface area contributed by atoms with Crippen LogP contribution in [-0.2, 0) is 6.54 Å². The van der Waals surface area contributed by atoms with Crippen molar-refractivity contribution >= 4 is 5.65 Å². The summed E-state index contributed by atoms with van der Waals surface area (Å²) in [6.07, 6.45) is 11.4. The van der Waals surface area contributed by atoms with Gasteiger partial charge in [0.2, 0.25) is 0 Å². The average Bonchev–Trinajstić information content (AvgIpc) is 2.93. The number of hydrogen-bond acceptors (Lipinski definition) is 3. The maximum absolute atomic E-state index is 12.2. The molecule has 1 fully saturated rings. The van der Waals surface area contributed by atoms with E-state index in [2.05, 4.69) is 4.98 Å². The van der Waals surface area contributed by atoms with Gasteiger partial charge in [0.25, 0.3) is 0 Å². The summed E-state index contributed by atoms with van der Waals surface area (Å²) in [7, 11) is 0. The molecule has 2 aromatic heterocycles. The molecule has 1 aliphatic rings. The van der Waals surface area contributed by atoms with Gasteiger partial charge in [-0.05, 0) is 18.8 Å². The normalized spacial score (nSPS) is 17.1. The second-order valence-electron chi connectivity index (χ2n) is 5.24. The third kappa shape index (κ3) is 2.18. The van der Waals surface area contributed by atoms with Gasteiger partial charge < -0.3 is 5.11 Å². The minimum atomic E-state index is -0.124. The van der Waals surface area contributed by atoms with Crippen molar-refractivity contribution in [1.29, 1.82) is 0 Å². The van der Waals surface area contributed by atoms with E-state index in [9.17, 15) is 4.79 Å². The van der Waals surface area contributed by atoms with Crippen molar-refractivity contribution < 1.29 is 5.11 Å². The smallest absolute Gasteiger partial charge is 0.333 e. The van der Waals surface area contributed by atoms with Crippen LogP contribution in [0.4, 0.5) is 0 Å². The molecule has 5 heteroatoms. The summed E-state index contributed by atoms with van der Waals surface area (Å²) < 4.78 is 3.19. The van der Waals surface area contributed by atoms with Crippen molar-refractivity contribution in [3.8, 4) is 0 Å². The molecule has 1 aliphatic carbocycles. The second kappa shape index (κ2) is 5.17. The standard InChI is InChI=1S/C14H19N3O2/c18-9-8-16-10-12(11-4-2-1-3-5-11)13-15-6-7-17(13)14(16)19/h6-7,10-11,18H,1-5,8-9H2. The highest BCUT2D eigenvalue weighted by Crippen LogP contribution is 2.33. The minimum Gasteiger partial charge on any atom is -0.395 e. The SMILES string of the molecule is O=c1n(CCO)cc(C2CCCCC2)c2nccn12. The van der Waals surface area contributed by atoms with Crippen LogP contribution >= 0.6 is 0 Å². The lowest BCUT2D eigenvalue weighted by molar-refractivity contribution is 0.272. The summed E-state index contributed by atoms with van der Waals surface area (Å²) in [5.41, 5.74) is 1.81. The molecule has 0 bridgehead atoms. The topological polar surface area (TPSA) is 59.5 Å². The van der Waals surface area contributed by atoms with E-state index in [1.807, 2.05) is 6.20 Å². The largest absolute Gasteiger partial charge is 0.395 e. The number of nitrogens with zero attached hydrogens (tertiary/aromatic N) is 3. The Morgan fingerprint density at radius 1 is 1.32 bits per heavy atom. The van der Waals surface area contributed by atoms with E-state index in [1.165, 1.54) is 32.1 Å². The molecular weight excluding hydrogens is 242 g/mol. The monoisotopic (exact) mass is 261 g/mol. The summed E-state index contributed by atoms with van der Waals surface area (Å²) in [6, 6.07) is 0. The highest BCUT2D eigenvalue weighted by atomic mass is 16.3.